The molecule has 0 aromatic heterocycles. The molecular formula is C15H22F3NO3. The largest absolute Gasteiger partial charge is 0.481 e. The third-order valence-electron chi connectivity index (χ3n) is 4.97. The number of carbonyl (C=O) groups excluding carboxylic acids is 1. The van der Waals surface area contributed by atoms with E-state index in [0.29, 0.717) is 38.5 Å². The topological polar surface area (TPSA) is 66.4 Å². The van der Waals surface area contributed by atoms with Crippen molar-refractivity contribution in [1.29, 1.82) is 0 Å². The molecule has 1 unspecified atom stereocenters. The summed E-state index contributed by atoms with van der Waals surface area (Å²) in [6.07, 6.45) is -0.486. The number of carboxylic acids is 1. The molecule has 0 heterocycles. The van der Waals surface area contributed by atoms with E-state index in [1.54, 1.807) is 0 Å². The van der Waals surface area contributed by atoms with Crippen molar-refractivity contribution >= 4 is 11.9 Å². The molecule has 2 fully saturated rings. The van der Waals surface area contributed by atoms with Gasteiger partial charge in [-0.05, 0) is 44.4 Å². The number of hydrogen-bond acceptors (Lipinski definition) is 2. The van der Waals surface area contributed by atoms with Crippen LogP contribution < -0.4 is 5.32 Å². The van der Waals surface area contributed by atoms with Gasteiger partial charge in [-0.15, -0.1) is 0 Å². The van der Waals surface area contributed by atoms with Crippen molar-refractivity contribution < 1.29 is 27.9 Å². The second kappa shape index (κ2) is 6.87. The highest BCUT2D eigenvalue weighted by Crippen LogP contribution is 2.36. The van der Waals surface area contributed by atoms with Crippen LogP contribution in [0.2, 0.25) is 0 Å². The zero-order chi connectivity index (χ0) is 16.3. The monoisotopic (exact) mass is 321 g/mol. The smallest absolute Gasteiger partial charge is 0.408 e. The van der Waals surface area contributed by atoms with Crippen molar-refractivity contribution in [3.05, 3.63) is 0 Å². The third-order valence-corrected chi connectivity index (χ3v) is 4.97. The van der Waals surface area contributed by atoms with Gasteiger partial charge in [-0.25, -0.2) is 0 Å². The first-order chi connectivity index (χ1) is 10.3. The van der Waals surface area contributed by atoms with Gasteiger partial charge in [-0.2, -0.15) is 13.2 Å². The van der Waals surface area contributed by atoms with Gasteiger partial charge in [0.05, 0.1) is 5.92 Å². The van der Waals surface area contributed by atoms with E-state index in [4.69, 9.17) is 5.11 Å². The molecule has 2 N–H and O–H groups in total. The molecule has 4 nitrogen and oxygen atoms in total. The summed E-state index contributed by atoms with van der Waals surface area (Å²) in [5.74, 6) is -2.96. The van der Waals surface area contributed by atoms with Crippen LogP contribution >= 0.6 is 0 Å². The Labute approximate surface area is 127 Å². The molecule has 1 amide bonds. The fourth-order valence-corrected chi connectivity index (χ4v) is 3.63. The Morgan fingerprint density at radius 2 is 1.45 bits per heavy atom. The highest BCUT2D eigenvalue weighted by Gasteiger charge is 2.47. The molecule has 22 heavy (non-hydrogen) atoms. The first kappa shape index (κ1) is 17.1. The molecule has 2 aliphatic carbocycles. The van der Waals surface area contributed by atoms with Gasteiger partial charge in [0, 0.05) is 5.92 Å². The lowest BCUT2D eigenvalue weighted by Crippen LogP contribution is -2.51. The van der Waals surface area contributed by atoms with E-state index in [1.165, 1.54) is 0 Å². The highest BCUT2D eigenvalue weighted by molar-refractivity contribution is 5.79. The molecule has 0 aromatic carbocycles. The molecule has 0 radical (unpaired) electrons. The molecule has 1 atom stereocenters. The van der Waals surface area contributed by atoms with Gasteiger partial charge in [0.2, 0.25) is 5.91 Å². The standard InChI is InChI=1S/C15H22F3NO3/c16-15(17,18)12(9-3-1-2-4-9)19-13(20)10-5-7-11(8-6-10)14(21)22/h9-12H,1-8H2,(H,19,20)(H,21,22). The van der Waals surface area contributed by atoms with Crippen molar-refractivity contribution in [2.24, 2.45) is 17.8 Å². The van der Waals surface area contributed by atoms with E-state index >= 15 is 0 Å². The Balaban J connectivity index is 1.92. The molecule has 0 saturated heterocycles. The minimum atomic E-state index is -4.43. The summed E-state index contributed by atoms with van der Waals surface area (Å²) >= 11 is 0. The Morgan fingerprint density at radius 1 is 0.955 bits per heavy atom. The van der Waals surface area contributed by atoms with E-state index < -0.39 is 41.8 Å². The first-order valence-corrected chi connectivity index (χ1v) is 7.89. The molecule has 126 valence electrons. The Morgan fingerprint density at radius 3 is 1.91 bits per heavy atom. The zero-order valence-corrected chi connectivity index (χ0v) is 12.4. The average Bonchev–Trinajstić information content (AvgIpc) is 2.97. The Hall–Kier alpha value is -1.27. The van der Waals surface area contributed by atoms with Gasteiger partial charge in [0.1, 0.15) is 6.04 Å². The van der Waals surface area contributed by atoms with Gasteiger partial charge < -0.3 is 10.4 Å². The number of amides is 1. The molecule has 2 saturated carbocycles. The number of aliphatic carboxylic acids is 1. The summed E-state index contributed by atoms with van der Waals surface area (Å²) in [5.41, 5.74) is 0. The lowest BCUT2D eigenvalue weighted by Gasteiger charge is -2.31. The Bertz CT molecular complexity index is 411. The van der Waals surface area contributed by atoms with Crippen LogP contribution in [-0.2, 0) is 9.59 Å². The minimum Gasteiger partial charge on any atom is -0.481 e. The average molecular weight is 321 g/mol. The van der Waals surface area contributed by atoms with E-state index in [1.807, 2.05) is 0 Å². The fourth-order valence-electron chi connectivity index (χ4n) is 3.63. The van der Waals surface area contributed by atoms with Crippen molar-refractivity contribution in [2.45, 2.75) is 63.6 Å². The molecule has 2 rings (SSSR count). The molecular weight excluding hydrogens is 299 g/mol. The van der Waals surface area contributed by atoms with Crippen molar-refractivity contribution in [3.8, 4) is 0 Å². The van der Waals surface area contributed by atoms with Gasteiger partial charge >= 0.3 is 12.1 Å². The van der Waals surface area contributed by atoms with Crippen molar-refractivity contribution in [2.75, 3.05) is 0 Å². The van der Waals surface area contributed by atoms with Crippen LogP contribution in [0, 0.1) is 17.8 Å². The number of carbonyl (C=O) groups is 2. The number of alkyl halides is 3. The van der Waals surface area contributed by atoms with E-state index in [0.717, 1.165) is 12.8 Å². The molecule has 2 aliphatic rings. The maximum atomic E-state index is 13.2. The zero-order valence-electron chi connectivity index (χ0n) is 12.4. The normalized spacial score (nSPS) is 28.3. The van der Waals surface area contributed by atoms with E-state index in [-0.39, 0.29) is 0 Å². The summed E-state index contributed by atoms with van der Waals surface area (Å²) in [4.78, 5) is 23.0. The Kier molecular flexibility index (Phi) is 5.34. The van der Waals surface area contributed by atoms with Crippen LogP contribution in [0.3, 0.4) is 0 Å². The molecule has 0 aromatic rings. The summed E-state index contributed by atoms with van der Waals surface area (Å²) in [7, 11) is 0. The quantitative estimate of drug-likeness (QED) is 0.836. The molecule has 7 heteroatoms. The van der Waals surface area contributed by atoms with Crippen LogP contribution in [-0.4, -0.2) is 29.2 Å². The predicted octanol–water partition coefficient (Wildman–Crippen LogP) is 3.11. The van der Waals surface area contributed by atoms with Crippen LogP contribution in [0.25, 0.3) is 0 Å². The minimum absolute atomic E-state index is 0.345. The summed E-state index contributed by atoms with van der Waals surface area (Å²) < 4.78 is 39.5. The van der Waals surface area contributed by atoms with Crippen molar-refractivity contribution in [3.63, 3.8) is 0 Å². The number of halogens is 3. The maximum Gasteiger partial charge on any atom is 0.408 e. The predicted molar refractivity (Wildman–Crippen MR) is 73.0 cm³/mol. The lowest BCUT2D eigenvalue weighted by atomic mass is 9.81. The van der Waals surface area contributed by atoms with Gasteiger partial charge in [-0.3, -0.25) is 9.59 Å². The van der Waals surface area contributed by atoms with Crippen LogP contribution in [0.4, 0.5) is 13.2 Å². The highest BCUT2D eigenvalue weighted by atomic mass is 19.4. The van der Waals surface area contributed by atoms with Gasteiger partial charge in [0.15, 0.2) is 0 Å². The van der Waals surface area contributed by atoms with Gasteiger partial charge in [0.25, 0.3) is 0 Å². The van der Waals surface area contributed by atoms with Crippen LogP contribution in [0.1, 0.15) is 51.4 Å². The van der Waals surface area contributed by atoms with Crippen LogP contribution in [0.15, 0.2) is 0 Å². The molecule has 0 spiro atoms. The summed E-state index contributed by atoms with van der Waals surface area (Å²) in [6, 6.07) is -1.76. The number of nitrogens with one attached hydrogen (secondary N) is 1. The number of hydrogen-bond donors (Lipinski definition) is 2. The SMILES string of the molecule is O=C(O)C1CCC(C(=O)NC(C2CCCC2)C(F)(F)F)CC1. The van der Waals surface area contributed by atoms with Gasteiger partial charge in [-0.1, -0.05) is 12.8 Å². The molecule has 0 aliphatic heterocycles. The summed E-state index contributed by atoms with van der Waals surface area (Å²) in [5, 5.41) is 11.1. The van der Waals surface area contributed by atoms with Crippen molar-refractivity contribution in [1.82, 2.24) is 5.32 Å². The maximum absolute atomic E-state index is 13.2. The van der Waals surface area contributed by atoms with E-state index in [2.05, 4.69) is 5.32 Å². The van der Waals surface area contributed by atoms with Crippen LogP contribution in [0.5, 0.6) is 0 Å². The van der Waals surface area contributed by atoms with E-state index in [9.17, 15) is 22.8 Å². The number of carboxylic acid groups (broad SMARTS) is 1. The second-order valence-electron chi connectivity index (χ2n) is 6.46. The lowest BCUT2D eigenvalue weighted by molar-refractivity contribution is -0.173. The number of rotatable bonds is 4. The first-order valence-electron chi connectivity index (χ1n) is 7.89. The second-order valence-corrected chi connectivity index (χ2v) is 6.46. The third kappa shape index (κ3) is 4.14. The summed E-state index contributed by atoms with van der Waals surface area (Å²) in [6.45, 7) is 0. The molecule has 0 bridgehead atoms. The fraction of sp³-hybridized carbons (Fsp3) is 0.867.